The van der Waals surface area contributed by atoms with Gasteiger partial charge in [0.25, 0.3) is 0 Å². The Bertz CT molecular complexity index is 1050. The third-order valence-electron chi connectivity index (χ3n) is 4.16. The predicted octanol–water partition coefficient (Wildman–Crippen LogP) is 6.84. The Hall–Kier alpha value is -2.22. The van der Waals surface area contributed by atoms with E-state index in [1.54, 1.807) is 43.5 Å². The van der Waals surface area contributed by atoms with Gasteiger partial charge in [-0.2, -0.15) is 0 Å². The molecule has 0 saturated heterocycles. The van der Waals surface area contributed by atoms with Crippen LogP contribution in [0.25, 0.3) is 6.08 Å². The summed E-state index contributed by atoms with van der Waals surface area (Å²) in [5, 5.41) is 3.90. The van der Waals surface area contributed by atoms with E-state index in [1.165, 1.54) is 6.08 Å². The molecule has 0 saturated carbocycles. The highest BCUT2D eigenvalue weighted by Gasteiger charge is 2.10. The second kappa shape index (κ2) is 10.7. The zero-order chi connectivity index (χ0) is 21.5. The molecule has 0 radical (unpaired) electrons. The maximum absolute atomic E-state index is 12.1. The van der Waals surface area contributed by atoms with Gasteiger partial charge in [0.05, 0.1) is 7.11 Å². The molecule has 4 nitrogen and oxygen atoms in total. The van der Waals surface area contributed by atoms with Crippen LogP contribution in [0.3, 0.4) is 0 Å². The molecule has 3 rings (SSSR count). The lowest BCUT2D eigenvalue weighted by molar-refractivity contribution is -0.111. The van der Waals surface area contributed by atoms with Gasteiger partial charge in [-0.15, -0.1) is 0 Å². The zero-order valence-corrected chi connectivity index (χ0v) is 19.7. The molecule has 0 spiro atoms. The first-order valence-electron chi connectivity index (χ1n) is 8.94. The average molecular weight is 554 g/mol. The van der Waals surface area contributed by atoms with E-state index in [-0.39, 0.29) is 12.5 Å². The molecule has 0 atom stereocenters. The van der Waals surface area contributed by atoms with E-state index in [1.807, 2.05) is 30.3 Å². The van der Waals surface area contributed by atoms with Crippen LogP contribution >= 0.6 is 45.8 Å². The Kier molecular flexibility index (Phi) is 8.01. The van der Waals surface area contributed by atoms with E-state index in [0.717, 1.165) is 14.8 Å². The number of benzene rings is 3. The van der Waals surface area contributed by atoms with Crippen LogP contribution in [0.2, 0.25) is 10.0 Å². The van der Waals surface area contributed by atoms with Crippen molar-refractivity contribution in [3.8, 4) is 11.5 Å². The van der Waals surface area contributed by atoms with Gasteiger partial charge in [0, 0.05) is 30.9 Å². The number of hydrogen-bond acceptors (Lipinski definition) is 3. The van der Waals surface area contributed by atoms with E-state index in [0.29, 0.717) is 27.1 Å². The molecule has 3 aromatic rings. The van der Waals surface area contributed by atoms with Crippen molar-refractivity contribution < 1.29 is 14.3 Å². The lowest BCUT2D eigenvalue weighted by Crippen LogP contribution is -2.07. The molecule has 1 N–H and O–H groups in total. The van der Waals surface area contributed by atoms with Gasteiger partial charge in [-0.3, -0.25) is 4.79 Å². The minimum Gasteiger partial charge on any atom is -0.493 e. The molecule has 0 aliphatic carbocycles. The second-order valence-corrected chi connectivity index (χ2v) is 8.29. The zero-order valence-electron chi connectivity index (χ0n) is 16.0. The van der Waals surface area contributed by atoms with Crippen molar-refractivity contribution in [1.29, 1.82) is 0 Å². The first-order valence-corrected chi connectivity index (χ1v) is 10.8. The van der Waals surface area contributed by atoms with E-state index < -0.39 is 0 Å². The highest BCUT2D eigenvalue weighted by molar-refractivity contribution is 14.1. The van der Waals surface area contributed by atoms with Gasteiger partial charge in [-0.25, -0.2) is 0 Å². The summed E-state index contributed by atoms with van der Waals surface area (Å²) in [6.07, 6.45) is 3.18. The molecule has 1 amide bonds. The number of carbonyl (C=O) groups excluding carboxylic acids is 1. The smallest absolute Gasteiger partial charge is 0.248 e. The van der Waals surface area contributed by atoms with Crippen molar-refractivity contribution in [2.75, 3.05) is 12.4 Å². The molecule has 0 fully saturated rings. The van der Waals surface area contributed by atoms with Crippen LogP contribution in [0.5, 0.6) is 11.5 Å². The Morgan fingerprint density at radius 3 is 2.40 bits per heavy atom. The summed E-state index contributed by atoms with van der Waals surface area (Å²) in [6.45, 7) is 0.211. The van der Waals surface area contributed by atoms with Crippen molar-refractivity contribution in [3.05, 3.63) is 91.5 Å². The highest BCUT2D eigenvalue weighted by Crippen LogP contribution is 2.31. The van der Waals surface area contributed by atoms with E-state index in [2.05, 4.69) is 27.9 Å². The molecule has 0 aliphatic heterocycles. The number of ether oxygens (including phenoxy) is 2. The number of nitrogens with one attached hydrogen (secondary N) is 1. The van der Waals surface area contributed by atoms with Crippen molar-refractivity contribution in [3.63, 3.8) is 0 Å². The van der Waals surface area contributed by atoms with Gasteiger partial charge in [0.2, 0.25) is 5.91 Å². The van der Waals surface area contributed by atoms with E-state index in [9.17, 15) is 4.79 Å². The number of methoxy groups -OCH3 is 1. The van der Waals surface area contributed by atoms with Gasteiger partial charge >= 0.3 is 0 Å². The van der Waals surface area contributed by atoms with Crippen LogP contribution < -0.4 is 14.8 Å². The van der Waals surface area contributed by atoms with Gasteiger partial charge in [-0.1, -0.05) is 35.3 Å². The van der Waals surface area contributed by atoms with E-state index in [4.69, 9.17) is 32.7 Å². The average Bonchev–Trinajstić information content (AvgIpc) is 2.74. The summed E-state index contributed by atoms with van der Waals surface area (Å²) >= 11 is 14.6. The quantitative estimate of drug-likeness (QED) is 0.257. The second-order valence-electron chi connectivity index (χ2n) is 6.23. The summed E-state index contributed by atoms with van der Waals surface area (Å²) in [4.78, 5) is 12.1. The highest BCUT2D eigenvalue weighted by atomic mass is 127. The van der Waals surface area contributed by atoms with Gasteiger partial charge in [0.15, 0.2) is 11.5 Å². The molecular weight excluding hydrogens is 536 g/mol. The summed E-state index contributed by atoms with van der Waals surface area (Å²) in [6, 6.07) is 18.3. The molecular formula is C23H18Cl2INO3. The monoisotopic (exact) mass is 553 g/mol. The lowest BCUT2D eigenvalue weighted by Gasteiger charge is -2.13. The number of halogens is 3. The van der Waals surface area contributed by atoms with Crippen LogP contribution in [0.15, 0.2) is 66.7 Å². The van der Waals surface area contributed by atoms with Gasteiger partial charge in [-0.05, 0) is 82.8 Å². The van der Waals surface area contributed by atoms with Crippen molar-refractivity contribution in [2.45, 2.75) is 6.61 Å². The Balaban J connectivity index is 1.66. The SMILES string of the molecule is COc1cc(/C=C/C(=O)Nc2ccc(I)cc2)ccc1OCc1c(Cl)cccc1Cl. The number of rotatable bonds is 7. The Labute approximate surface area is 198 Å². The normalized spacial score (nSPS) is 10.8. The number of amides is 1. The Morgan fingerprint density at radius 2 is 1.73 bits per heavy atom. The lowest BCUT2D eigenvalue weighted by atomic mass is 10.2. The van der Waals surface area contributed by atoms with Crippen molar-refractivity contribution in [1.82, 2.24) is 0 Å². The maximum Gasteiger partial charge on any atom is 0.248 e. The summed E-state index contributed by atoms with van der Waals surface area (Å²) in [5.74, 6) is 0.871. The number of hydrogen-bond donors (Lipinski definition) is 1. The minimum absolute atomic E-state index is 0.211. The van der Waals surface area contributed by atoms with Crippen LogP contribution in [0.1, 0.15) is 11.1 Å². The van der Waals surface area contributed by atoms with Crippen LogP contribution in [0.4, 0.5) is 5.69 Å². The largest absolute Gasteiger partial charge is 0.493 e. The van der Waals surface area contributed by atoms with Crippen molar-refractivity contribution >= 4 is 63.5 Å². The van der Waals surface area contributed by atoms with E-state index >= 15 is 0 Å². The molecule has 30 heavy (non-hydrogen) atoms. The first kappa shape index (κ1) is 22.5. The number of anilines is 1. The van der Waals surface area contributed by atoms with Gasteiger partial charge in [0.1, 0.15) is 6.61 Å². The summed E-state index contributed by atoms with van der Waals surface area (Å²) in [7, 11) is 1.56. The third kappa shape index (κ3) is 6.14. The topological polar surface area (TPSA) is 47.6 Å². The fourth-order valence-corrected chi connectivity index (χ4v) is 3.48. The molecule has 7 heteroatoms. The molecule has 0 heterocycles. The number of carbonyl (C=O) groups is 1. The molecule has 0 aromatic heterocycles. The van der Waals surface area contributed by atoms with Crippen LogP contribution in [0, 0.1) is 3.57 Å². The molecule has 0 unspecified atom stereocenters. The fourth-order valence-electron chi connectivity index (χ4n) is 2.62. The maximum atomic E-state index is 12.1. The predicted molar refractivity (Wildman–Crippen MR) is 131 cm³/mol. The van der Waals surface area contributed by atoms with Crippen molar-refractivity contribution in [2.24, 2.45) is 0 Å². The summed E-state index contributed by atoms with van der Waals surface area (Å²) < 4.78 is 12.4. The fraction of sp³-hybridized carbons (Fsp3) is 0.0870. The van der Waals surface area contributed by atoms with Gasteiger partial charge < -0.3 is 14.8 Å². The standard InChI is InChI=1S/C23H18Cl2INO3/c1-29-22-13-15(6-12-23(28)27-17-9-7-16(26)8-10-17)5-11-21(22)30-14-18-19(24)3-2-4-20(18)25/h2-13H,14H2,1H3,(H,27,28)/b12-6+. The molecule has 154 valence electrons. The minimum atomic E-state index is -0.219. The van der Waals surface area contributed by atoms with Crippen LogP contribution in [-0.4, -0.2) is 13.0 Å². The molecule has 0 aliphatic rings. The van der Waals surface area contributed by atoms with Crippen LogP contribution in [-0.2, 0) is 11.4 Å². The first-order chi connectivity index (χ1) is 14.5. The molecule has 3 aromatic carbocycles. The Morgan fingerprint density at radius 1 is 1.03 bits per heavy atom. The third-order valence-corrected chi connectivity index (χ3v) is 5.59. The summed E-state index contributed by atoms with van der Waals surface area (Å²) in [5.41, 5.74) is 2.25. The molecule has 0 bridgehead atoms.